The molecule has 6 nitrogen and oxygen atoms in total. The molecule has 1 fully saturated rings. The molecule has 1 aromatic carbocycles. The molecule has 0 unspecified atom stereocenters. The average molecular weight is 409 g/mol. The third-order valence-electron chi connectivity index (χ3n) is 5.10. The molecule has 9 heteroatoms. The van der Waals surface area contributed by atoms with E-state index in [1.165, 1.54) is 30.7 Å². The van der Waals surface area contributed by atoms with Crippen molar-refractivity contribution < 1.29 is 27.4 Å². The molecular formula is C20H22F3N3O3. The van der Waals surface area contributed by atoms with E-state index in [2.05, 4.69) is 14.7 Å². The molecule has 2 aromatic rings. The smallest absolute Gasteiger partial charge is 0.406 e. The van der Waals surface area contributed by atoms with Gasteiger partial charge in [-0.3, -0.25) is 9.48 Å². The Hall–Kier alpha value is -2.55. The van der Waals surface area contributed by atoms with E-state index >= 15 is 0 Å². The summed E-state index contributed by atoms with van der Waals surface area (Å²) in [7, 11) is 0. The van der Waals surface area contributed by atoms with E-state index < -0.39 is 6.36 Å². The number of hydrogen-bond donors (Lipinski definition) is 1. The van der Waals surface area contributed by atoms with Gasteiger partial charge in [0.2, 0.25) is 0 Å². The van der Waals surface area contributed by atoms with Crippen LogP contribution in [0.25, 0.3) is 0 Å². The number of carbonyl (C=O) groups is 1. The van der Waals surface area contributed by atoms with Crippen LogP contribution in [0.4, 0.5) is 13.2 Å². The van der Waals surface area contributed by atoms with E-state index in [0.717, 1.165) is 42.3 Å². The Bertz CT molecular complexity index is 874. The highest BCUT2D eigenvalue weighted by Gasteiger charge is 2.31. The van der Waals surface area contributed by atoms with Gasteiger partial charge in [0.1, 0.15) is 5.75 Å². The Labute approximate surface area is 166 Å². The molecule has 4 rings (SSSR count). The van der Waals surface area contributed by atoms with Crippen LogP contribution in [-0.2, 0) is 30.7 Å². The average Bonchev–Trinajstić information content (AvgIpc) is 3.43. The van der Waals surface area contributed by atoms with Crippen molar-refractivity contribution in [2.45, 2.75) is 45.2 Å². The number of nitrogens with one attached hydrogen (secondary N) is 1. The summed E-state index contributed by atoms with van der Waals surface area (Å²) in [6.45, 7) is 2.57. The summed E-state index contributed by atoms with van der Waals surface area (Å²) in [5, 5.41) is 7.54. The van der Waals surface area contributed by atoms with Gasteiger partial charge in [-0.05, 0) is 43.0 Å². The number of benzene rings is 1. The lowest BCUT2D eigenvalue weighted by Crippen LogP contribution is -2.26. The van der Waals surface area contributed by atoms with Gasteiger partial charge in [-0.1, -0.05) is 0 Å². The van der Waals surface area contributed by atoms with Gasteiger partial charge in [0.25, 0.3) is 5.91 Å². The molecule has 29 heavy (non-hydrogen) atoms. The first-order chi connectivity index (χ1) is 13.9. The second kappa shape index (κ2) is 8.06. The van der Waals surface area contributed by atoms with Gasteiger partial charge in [-0.25, -0.2) is 0 Å². The topological polar surface area (TPSA) is 65.4 Å². The van der Waals surface area contributed by atoms with Gasteiger partial charge >= 0.3 is 6.36 Å². The van der Waals surface area contributed by atoms with Crippen LogP contribution in [0, 0.1) is 5.92 Å². The molecule has 1 amide bonds. The first-order valence-electron chi connectivity index (χ1n) is 9.68. The van der Waals surface area contributed by atoms with Crippen molar-refractivity contribution in [2.24, 2.45) is 5.92 Å². The van der Waals surface area contributed by atoms with Gasteiger partial charge in [0, 0.05) is 42.8 Å². The lowest BCUT2D eigenvalue weighted by Gasteiger charge is -2.15. The van der Waals surface area contributed by atoms with Crippen LogP contribution in [0.3, 0.4) is 0 Å². The van der Waals surface area contributed by atoms with Crippen LogP contribution in [0.15, 0.2) is 24.3 Å². The van der Waals surface area contributed by atoms with Crippen LogP contribution in [0.2, 0.25) is 0 Å². The molecule has 156 valence electrons. The second-order valence-electron chi connectivity index (χ2n) is 7.38. The van der Waals surface area contributed by atoms with Crippen molar-refractivity contribution in [3.8, 4) is 5.75 Å². The zero-order valence-corrected chi connectivity index (χ0v) is 15.8. The summed E-state index contributed by atoms with van der Waals surface area (Å²) in [5.41, 5.74) is 3.57. The molecule has 0 saturated heterocycles. The zero-order valence-electron chi connectivity index (χ0n) is 15.8. The number of nitrogens with zero attached hydrogens (tertiary/aromatic N) is 2. The lowest BCUT2D eigenvalue weighted by atomic mass is 10.1. The van der Waals surface area contributed by atoms with Crippen LogP contribution >= 0.6 is 0 Å². The Morgan fingerprint density at radius 3 is 2.72 bits per heavy atom. The van der Waals surface area contributed by atoms with Crippen molar-refractivity contribution in [2.75, 3.05) is 13.2 Å². The van der Waals surface area contributed by atoms with E-state index in [1.807, 2.05) is 0 Å². The molecule has 1 aliphatic heterocycles. The Kier molecular flexibility index (Phi) is 5.49. The lowest BCUT2D eigenvalue weighted by molar-refractivity contribution is -0.274. The summed E-state index contributed by atoms with van der Waals surface area (Å²) in [4.78, 5) is 12.3. The fourth-order valence-electron chi connectivity index (χ4n) is 3.48. The van der Waals surface area contributed by atoms with Crippen molar-refractivity contribution in [3.05, 3.63) is 46.8 Å². The third kappa shape index (κ3) is 5.09. The molecule has 1 N–H and O–H groups in total. The van der Waals surface area contributed by atoms with Crippen molar-refractivity contribution >= 4 is 5.91 Å². The Morgan fingerprint density at radius 2 is 2.03 bits per heavy atom. The summed E-state index contributed by atoms with van der Waals surface area (Å²) in [6, 6.07) is 4.85. The van der Waals surface area contributed by atoms with Crippen molar-refractivity contribution in [1.82, 2.24) is 15.1 Å². The van der Waals surface area contributed by atoms with Crippen LogP contribution < -0.4 is 10.1 Å². The van der Waals surface area contributed by atoms with Gasteiger partial charge in [-0.15, -0.1) is 13.2 Å². The highest BCUT2D eigenvalue weighted by atomic mass is 19.4. The molecule has 0 spiro atoms. The molecule has 0 radical (unpaired) electrons. The normalized spacial score (nSPS) is 16.4. The van der Waals surface area contributed by atoms with Gasteiger partial charge in [0.15, 0.2) is 0 Å². The molecular weight excluding hydrogens is 387 g/mol. The van der Waals surface area contributed by atoms with E-state index in [9.17, 15) is 18.0 Å². The SMILES string of the molecule is O=C(NCCc1nn(CC2CC2)c2c1COCC2)c1ccc(OC(F)(F)F)cc1. The van der Waals surface area contributed by atoms with Crippen molar-refractivity contribution in [3.63, 3.8) is 0 Å². The number of hydrogen-bond acceptors (Lipinski definition) is 4. The molecule has 1 aromatic heterocycles. The van der Waals surface area contributed by atoms with Gasteiger partial charge < -0.3 is 14.8 Å². The molecule has 0 atom stereocenters. The number of alkyl halides is 3. The largest absolute Gasteiger partial charge is 0.573 e. The minimum atomic E-state index is -4.75. The predicted octanol–water partition coefficient (Wildman–Crippen LogP) is 3.24. The van der Waals surface area contributed by atoms with Crippen LogP contribution in [-0.4, -0.2) is 35.2 Å². The maximum Gasteiger partial charge on any atom is 0.573 e. The maximum absolute atomic E-state index is 12.3. The first-order valence-corrected chi connectivity index (χ1v) is 9.68. The third-order valence-corrected chi connectivity index (χ3v) is 5.10. The fraction of sp³-hybridized carbons (Fsp3) is 0.500. The Balaban J connectivity index is 1.34. The van der Waals surface area contributed by atoms with E-state index in [4.69, 9.17) is 9.84 Å². The van der Waals surface area contributed by atoms with Crippen LogP contribution in [0.1, 0.15) is 40.2 Å². The minimum absolute atomic E-state index is 0.268. The first kappa shape index (κ1) is 19.8. The number of carbonyl (C=O) groups excluding carboxylic acids is 1. The summed E-state index contributed by atoms with van der Waals surface area (Å²) < 4.78 is 48.1. The number of amides is 1. The molecule has 2 heterocycles. The fourth-order valence-corrected chi connectivity index (χ4v) is 3.48. The molecule has 1 aliphatic carbocycles. The van der Waals surface area contributed by atoms with E-state index in [0.29, 0.717) is 26.2 Å². The standard InChI is InChI=1S/C20H22F3N3O3/c21-20(22,23)29-15-5-3-14(4-6-15)19(27)24-9-7-17-16-12-28-10-8-18(16)26(25-17)11-13-1-2-13/h3-6,13H,1-2,7-12H2,(H,24,27). The highest BCUT2D eigenvalue weighted by Crippen LogP contribution is 2.32. The van der Waals surface area contributed by atoms with E-state index in [-0.39, 0.29) is 17.2 Å². The summed E-state index contributed by atoms with van der Waals surface area (Å²) in [6.07, 6.45) is -0.819. The molecule has 0 bridgehead atoms. The van der Waals surface area contributed by atoms with Gasteiger partial charge in [-0.2, -0.15) is 5.10 Å². The number of fused-ring (bicyclic) bond motifs is 1. The summed E-state index contributed by atoms with van der Waals surface area (Å²) >= 11 is 0. The quantitative estimate of drug-likeness (QED) is 0.763. The van der Waals surface area contributed by atoms with Crippen LogP contribution in [0.5, 0.6) is 5.75 Å². The maximum atomic E-state index is 12.3. The monoisotopic (exact) mass is 409 g/mol. The summed E-state index contributed by atoms with van der Waals surface area (Å²) in [5.74, 6) is 0.00617. The second-order valence-corrected chi connectivity index (χ2v) is 7.38. The molecule has 1 saturated carbocycles. The Morgan fingerprint density at radius 1 is 1.28 bits per heavy atom. The van der Waals surface area contributed by atoms with Gasteiger partial charge in [0.05, 0.1) is 18.9 Å². The number of halogens is 3. The molecule has 2 aliphatic rings. The number of ether oxygens (including phenoxy) is 2. The van der Waals surface area contributed by atoms with Crippen molar-refractivity contribution in [1.29, 1.82) is 0 Å². The highest BCUT2D eigenvalue weighted by molar-refractivity contribution is 5.94. The number of rotatable bonds is 7. The van der Waals surface area contributed by atoms with E-state index in [1.54, 1.807) is 0 Å². The number of aromatic nitrogens is 2. The minimum Gasteiger partial charge on any atom is -0.406 e. The zero-order chi connectivity index (χ0) is 20.4. The predicted molar refractivity (Wildman–Crippen MR) is 97.5 cm³/mol.